The number of hydrogen-bond donors (Lipinski definition) is 2. The van der Waals surface area contributed by atoms with Crippen LogP contribution in [0.1, 0.15) is 16.1 Å². The van der Waals surface area contributed by atoms with E-state index in [1.54, 1.807) is 17.9 Å². The molecule has 1 aromatic carbocycles. The van der Waals surface area contributed by atoms with Crippen molar-refractivity contribution >= 4 is 11.6 Å². The van der Waals surface area contributed by atoms with E-state index in [0.29, 0.717) is 5.69 Å². The molecule has 5 heteroatoms. The van der Waals surface area contributed by atoms with E-state index in [9.17, 15) is 4.79 Å². The zero-order valence-electron chi connectivity index (χ0n) is 9.77. The highest BCUT2D eigenvalue weighted by Crippen LogP contribution is 2.16. The quantitative estimate of drug-likeness (QED) is 0.835. The van der Waals surface area contributed by atoms with E-state index in [1.165, 1.54) is 5.56 Å². The van der Waals surface area contributed by atoms with Gasteiger partial charge < -0.3 is 11.1 Å². The summed E-state index contributed by atoms with van der Waals surface area (Å²) in [6.07, 6.45) is 1.74. The molecule has 0 aliphatic rings. The molecular weight excluding hydrogens is 216 g/mol. The zero-order valence-corrected chi connectivity index (χ0v) is 9.77. The van der Waals surface area contributed by atoms with Crippen molar-refractivity contribution < 1.29 is 4.79 Å². The number of aromatic nitrogens is 2. The molecule has 3 N–H and O–H groups in total. The first kappa shape index (κ1) is 11.2. The fourth-order valence-electron chi connectivity index (χ4n) is 1.57. The first-order valence-corrected chi connectivity index (χ1v) is 5.26. The van der Waals surface area contributed by atoms with E-state index in [-0.39, 0.29) is 5.69 Å². The molecule has 0 atom stereocenters. The Morgan fingerprint density at radius 2 is 2.00 bits per heavy atom. The van der Waals surface area contributed by atoms with Gasteiger partial charge in [0.1, 0.15) is 0 Å². The number of hydrogen-bond acceptors (Lipinski definition) is 3. The molecule has 0 radical (unpaired) electrons. The molecule has 0 fully saturated rings. The number of nitrogens with one attached hydrogen (secondary N) is 1. The number of rotatable bonds is 3. The molecule has 17 heavy (non-hydrogen) atoms. The number of amides is 1. The van der Waals surface area contributed by atoms with Crippen LogP contribution in [0.5, 0.6) is 0 Å². The van der Waals surface area contributed by atoms with Crippen molar-refractivity contribution in [1.29, 1.82) is 0 Å². The Bertz CT molecular complexity index is 542. The molecule has 88 valence electrons. The minimum atomic E-state index is -0.541. The standard InChI is InChI=1S/C12H14N4O/c1-8-3-5-9(6-4-8)16-7-10(14-2)11(15-16)12(13)17/h3-7,14H,1-2H3,(H2,13,17). The lowest BCUT2D eigenvalue weighted by atomic mass is 10.2. The summed E-state index contributed by atoms with van der Waals surface area (Å²) in [6, 6.07) is 7.85. The molecule has 0 unspecified atom stereocenters. The van der Waals surface area contributed by atoms with Gasteiger partial charge >= 0.3 is 0 Å². The van der Waals surface area contributed by atoms with Crippen LogP contribution in [0.15, 0.2) is 30.5 Å². The van der Waals surface area contributed by atoms with Gasteiger partial charge in [-0.15, -0.1) is 0 Å². The maximum atomic E-state index is 11.2. The Balaban J connectivity index is 2.46. The lowest BCUT2D eigenvalue weighted by Gasteiger charge is -2.00. The average molecular weight is 230 g/mol. The summed E-state index contributed by atoms with van der Waals surface area (Å²) in [7, 11) is 1.73. The molecule has 2 rings (SSSR count). The van der Waals surface area contributed by atoms with Crippen LogP contribution in [0, 0.1) is 6.92 Å². The lowest BCUT2D eigenvalue weighted by molar-refractivity contribution is 0.0996. The smallest absolute Gasteiger partial charge is 0.271 e. The summed E-state index contributed by atoms with van der Waals surface area (Å²) in [4.78, 5) is 11.2. The highest BCUT2D eigenvalue weighted by molar-refractivity contribution is 5.96. The number of nitrogens with zero attached hydrogens (tertiary/aromatic N) is 2. The van der Waals surface area contributed by atoms with Crippen molar-refractivity contribution in [2.45, 2.75) is 6.92 Å². The minimum absolute atomic E-state index is 0.244. The Kier molecular flexibility index (Phi) is 2.82. The van der Waals surface area contributed by atoms with Gasteiger partial charge in [0, 0.05) is 7.05 Å². The van der Waals surface area contributed by atoms with Crippen molar-refractivity contribution in [2.24, 2.45) is 5.73 Å². The number of nitrogens with two attached hydrogens (primary N) is 1. The van der Waals surface area contributed by atoms with Crippen molar-refractivity contribution in [3.8, 4) is 5.69 Å². The molecule has 0 bridgehead atoms. The van der Waals surface area contributed by atoms with Gasteiger partial charge in [-0.25, -0.2) is 4.68 Å². The van der Waals surface area contributed by atoms with Crippen molar-refractivity contribution in [3.05, 3.63) is 41.7 Å². The van der Waals surface area contributed by atoms with Crippen LogP contribution in [0.25, 0.3) is 5.69 Å². The van der Waals surface area contributed by atoms with Crippen LogP contribution < -0.4 is 11.1 Å². The predicted octanol–water partition coefficient (Wildman–Crippen LogP) is 1.32. The summed E-state index contributed by atoms with van der Waals surface area (Å²) < 4.78 is 1.63. The van der Waals surface area contributed by atoms with Crippen LogP contribution in [-0.4, -0.2) is 22.7 Å². The maximum Gasteiger partial charge on any atom is 0.271 e. The van der Waals surface area contributed by atoms with Gasteiger partial charge in [-0.3, -0.25) is 4.79 Å². The Labute approximate surface area is 99.2 Å². The van der Waals surface area contributed by atoms with Crippen LogP contribution >= 0.6 is 0 Å². The van der Waals surface area contributed by atoms with E-state index in [0.717, 1.165) is 5.69 Å². The molecule has 1 heterocycles. The Hall–Kier alpha value is -2.30. The SMILES string of the molecule is CNc1cn(-c2ccc(C)cc2)nc1C(N)=O. The second-order valence-electron chi connectivity index (χ2n) is 3.79. The molecule has 2 aromatic rings. The third kappa shape index (κ3) is 2.13. The third-order valence-electron chi connectivity index (χ3n) is 2.52. The fourth-order valence-corrected chi connectivity index (χ4v) is 1.57. The third-order valence-corrected chi connectivity index (χ3v) is 2.52. The summed E-state index contributed by atoms with van der Waals surface area (Å²) >= 11 is 0. The normalized spacial score (nSPS) is 10.2. The number of carbonyl (C=O) groups excluding carboxylic acids is 1. The number of anilines is 1. The first-order chi connectivity index (χ1) is 8.11. The minimum Gasteiger partial charge on any atom is -0.385 e. The predicted molar refractivity (Wildman–Crippen MR) is 66.4 cm³/mol. The van der Waals surface area contributed by atoms with E-state index in [1.807, 2.05) is 31.2 Å². The first-order valence-electron chi connectivity index (χ1n) is 5.26. The summed E-state index contributed by atoms with van der Waals surface area (Å²) in [5.41, 5.74) is 8.18. The second-order valence-corrected chi connectivity index (χ2v) is 3.79. The molecule has 0 saturated carbocycles. The lowest BCUT2D eigenvalue weighted by Crippen LogP contribution is -2.14. The molecule has 0 aliphatic carbocycles. The van der Waals surface area contributed by atoms with Crippen LogP contribution in [0.2, 0.25) is 0 Å². The summed E-state index contributed by atoms with van der Waals surface area (Å²) in [5, 5.41) is 7.05. The molecule has 1 amide bonds. The highest BCUT2D eigenvalue weighted by Gasteiger charge is 2.13. The summed E-state index contributed by atoms with van der Waals surface area (Å²) in [5.74, 6) is -0.541. The summed E-state index contributed by atoms with van der Waals surface area (Å²) in [6.45, 7) is 2.01. The molecule has 5 nitrogen and oxygen atoms in total. The van der Waals surface area contributed by atoms with Crippen LogP contribution in [0.3, 0.4) is 0 Å². The van der Waals surface area contributed by atoms with Gasteiger partial charge in [0.2, 0.25) is 0 Å². The monoisotopic (exact) mass is 230 g/mol. The zero-order chi connectivity index (χ0) is 12.4. The van der Waals surface area contributed by atoms with Gasteiger partial charge in [0.25, 0.3) is 5.91 Å². The number of primary amides is 1. The Morgan fingerprint density at radius 1 is 1.35 bits per heavy atom. The van der Waals surface area contributed by atoms with E-state index < -0.39 is 5.91 Å². The molecule has 0 aliphatic heterocycles. The average Bonchev–Trinajstić information content (AvgIpc) is 2.74. The Morgan fingerprint density at radius 3 is 2.47 bits per heavy atom. The van der Waals surface area contributed by atoms with Gasteiger partial charge in [0.05, 0.1) is 17.6 Å². The largest absolute Gasteiger partial charge is 0.385 e. The van der Waals surface area contributed by atoms with Gasteiger partial charge in [-0.2, -0.15) is 5.10 Å². The molecule has 0 saturated heterocycles. The number of benzene rings is 1. The fraction of sp³-hybridized carbons (Fsp3) is 0.167. The molecular formula is C12H14N4O. The van der Waals surface area contributed by atoms with Crippen molar-refractivity contribution in [1.82, 2.24) is 9.78 Å². The van der Waals surface area contributed by atoms with Gasteiger partial charge in [-0.1, -0.05) is 17.7 Å². The molecule has 1 aromatic heterocycles. The van der Waals surface area contributed by atoms with E-state index >= 15 is 0 Å². The highest BCUT2D eigenvalue weighted by atomic mass is 16.1. The van der Waals surface area contributed by atoms with Crippen LogP contribution in [0.4, 0.5) is 5.69 Å². The number of carbonyl (C=O) groups is 1. The van der Waals surface area contributed by atoms with Gasteiger partial charge in [0.15, 0.2) is 5.69 Å². The van der Waals surface area contributed by atoms with Crippen molar-refractivity contribution in [3.63, 3.8) is 0 Å². The maximum absolute atomic E-state index is 11.2. The topological polar surface area (TPSA) is 72.9 Å². The van der Waals surface area contributed by atoms with Crippen molar-refractivity contribution in [2.75, 3.05) is 12.4 Å². The van der Waals surface area contributed by atoms with E-state index in [2.05, 4.69) is 10.4 Å². The molecule has 0 spiro atoms. The van der Waals surface area contributed by atoms with Gasteiger partial charge in [-0.05, 0) is 19.1 Å². The number of aryl methyl sites for hydroxylation is 1. The second kappa shape index (κ2) is 4.29. The van der Waals surface area contributed by atoms with E-state index in [4.69, 9.17) is 5.73 Å². The van der Waals surface area contributed by atoms with Crippen LogP contribution in [-0.2, 0) is 0 Å².